The molecule has 0 aliphatic carbocycles. The summed E-state index contributed by atoms with van der Waals surface area (Å²) in [6.45, 7) is 3.32. The SMILES string of the molecule is CCC(C(=O)c1ccc(N)cc1)N1CCC(C(=O)O)CC1. The van der Waals surface area contributed by atoms with Crippen LogP contribution in [0.25, 0.3) is 0 Å². The van der Waals surface area contributed by atoms with Crippen molar-refractivity contribution in [3.05, 3.63) is 29.8 Å². The van der Waals surface area contributed by atoms with Crippen LogP contribution in [0.5, 0.6) is 0 Å². The lowest BCUT2D eigenvalue weighted by molar-refractivity contribution is -0.143. The van der Waals surface area contributed by atoms with E-state index in [-0.39, 0.29) is 17.7 Å². The summed E-state index contributed by atoms with van der Waals surface area (Å²) in [6.07, 6.45) is 1.95. The highest BCUT2D eigenvalue weighted by molar-refractivity contribution is 6.00. The Hall–Kier alpha value is -1.88. The zero-order chi connectivity index (χ0) is 15.4. The van der Waals surface area contributed by atoms with Gasteiger partial charge in [-0.1, -0.05) is 6.92 Å². The maximum atomic E-state index is 12.6. The van der Waals surface area contributed by atoms with Crippen LogP contribution in [-0.4, -0.2) is 40.9 Å². The van der Waals surface area contributed by atoms with Gasteiger partial charge in [-0.2, -0.15) is 0 Å². The first kappa shape index (κ1) is 15.5. The van der Waals surface area contributed by atoms with Crippen molar-refractivity contribution in [1.29, 1.82) is 0 Å². The molecule has 1 aromatic carbocycles. The lowest BCUT2D eigenvalue weighted by Crippen LogP contribution is -2.46. The molecule has 0 aromatic heterocycles. The van der Waals surface area contributed by atoms with Gasteiger partial charge in [0.15, 0.2) is 5.78 Å². The summed E-state index contributed by atoms with van der Waals surface area (Å²) in [5.74, 6) is -0.913. The van der Waals surface area contributed by atoms with Crippen LogP contribution in [-0.2, 0) is 4.79 Å². The predicted molar refractivity (Wildman–Crippen MR) is 81.2 cm³/mol. The Morgan fingerprint density at radius 2 is 1.86 bits per heavy atom. The van der Waals surface area contributed by atoms with Gasteiger partial charge in [0.1, 0.15) is 0 Å². The summed E-state index contributed by atoms with van der Waals surface area (Å²) in [6, 6.07) is 6.80. The summed E-state index contributed by atoms with van der Waals surface area (Å²) in [5.41, 5.74) is 6.95. The Balaban J connectivity index is 2.04. The smallest absolute Gasteiger partial charge is 0.306 e. The van der Waals surface area contributed by atoms with Crippen LogP contribution in [0.15, 0.2) is 24.3 Å². The molecule has 1 aliphatic heterocycles. The highest BCUT2D eigenvalue weighted by atomic mass is 16.4. The fraction of sp³-hybridized carbons (Fsp3) is 0.500. The van der Waals surface area contributed by atoms with Crippen molar-refractivity contribution in [3.8, 4) is 0 Å². The number of benzene rings is 1. The Morgan fingerprint density at radius 1 is 1.29 bits per heavy atom. The van der Waals surface area contributed by atoms with Crippen LogP contribution in [0.1, 0.15) is 36.5 Å². The second-order valence-electron chi connectivity index (χ2n) is 5.56. The first-order valence-electron chi connectivity index (χ1n) is 7.39. The number of carbonyl (C=O) groups excluding carboxylic acids is 1. The standard InChI is InChI=1S/C16H22N2O3/c1-2-14(15(19)11-3-5-13(17)6-4-11)18-9-7-12(8-10-18)16(20)21/h3-6,12,14H,2,7-10,17H2,1H3,(H,20,21). The minimum atomic E-state index is -0.729. The Kier molecular flexibility index (Phi) is 4.96. The Morgan fingerprint density at radius 3 is 2.33 bits per heavy atom. The maximum absolute atomic E-state index is 12.6. The van der Waals surface area contributed by atoms with Crippen molar-refractivity contribution in [2.45, 2.75) is 32.2 Å². The van der Waals surface area contributed by atoms with Crippen LogP contribution in [0.2, 0.25) is 0 Å². The largest absolute Gasteiger partial charge is 0.481 e. The lowest BCUT2D eigenvalue weighted by atomic mass is 9.93. The summed E-state index contributed by atoms with van der Waals surface area (Å²) in [4.78, 5) is 25.7. The quantitative estimate of drug-likeness (QED) is 0.640. The minimum absolute atomic E-state index is 0.0891. The minimum Gasteiger partial charge on any atom is -0.481 e. The molecule has 1 fully saturated rings. The number of nitrogens with zero attached hydrogens (tertiary/aromatic N) is 1. The topological polar surface area (TPSA) is 83.6 Å². The number of hydrogen-bond donors (Lipinski definition) is 2. The number of hydrogen-bond acceptors (Lipinski definition) is 4. The molecular formula is C16H22N2O3. The summed E-state index contributed by atoms with van der Waals surface area (Å²) < 4.78 is 0. The fourth-order valence-electron chi connectivity index (χ4n) is 2.91. The number of nitrogen functional groups attached to an aromatic ring is 1. The van der Waals surface area contributed by atoms with Crippen LogP contribution < -0.4 is 5.73 Å². The molecule has 21 heavy (non-hydrogen) atoms. The molecule has 0 amide bonds. The predicted octanol–water partition coefficient (Wildman–Crippen LogP) is 2.03. The summed E-state index contributed by atoms with van der Waals surface area (Å²) >= 11 is 0. The number of piperidine rings is 1. The summed E-state index contributed by atoms with van der Waals surface area (Å²) in [7, 11) is 0. The molecule has 5 heteroatoms. The zero-order valence-corrected chi connectivity index (χ0v) is 12.3. The molecule has 0 radical (unpaired) electrons. The number of ketones is 1. The molecule has 1 saturated heterocycles. The number of anilines is 1. The highest BCUT2D eigenvalue weighted by Gasteiger charge is 2.31. The van der Waals surface area contributed by atoms with Crippen LogP contribution in [0, 0.1) is 5.92 Å². The fourth-order valence-corrected chi connectivity index (χ4v) is 2.91. The van der Waals surface area contributed by atoms with Crippen LogP contribution in [0.4, 0.5) is 5.69 Å². The molecule has 1 unspecified atom stereocenters. The molecule has 1 atom stereocenters. The molecule has 2 rings (SSSR count). The van der Waals surface area contributed by atoms with E-state index >= 15 is 0 Å². The van der Waals surface area contributed by atoms with Crippen molar-refractivity contribution < 1.29 is 14.7 Å². The molecule has 0 saturated carbocycles. The Bertz CT molecular complexity index is 505. The van der Waals surface area contributed by atoms with Crippen molar-refractivity contribution in [2.24, 2.45) is 5.92 Å². The van der Waals surface area contributed by atoms with E-state index < -0.39 is 5.97 Å². The number of carboxylic acid groups (broad SMARTS) is 1. The van der Waals surface area contributed by atoms with Gasteiger partial charge in [0.2, 0.25) is 0 Å². The van der Waals surface area contributed by atoms with Crippen molar-refractivity contribution >= 4 is 17.4 Å². The third-order valence-electron chi connectivity index (χ3n) is 4.20. The number of Topliss-reactive ketones (excluding diaryl/α,β-unsaturated/α-hetero) is 1. The monoisotopic (exact) mass is 290 g/mol. The molecule has 5 nitrogen and oxygen atoms in total. The number of carboxylic acids is 1. The van der Waals surface area contributed by atoms with E-state index in [9.17, 15) is 9.59 Å². The van der Waals surface area contributed by atoms with Gasteiger partial charge < -0.3 is 10.8 Å². The number of carbonyl (C=O) groups is 2. The Labute approximate surface area is 124 Å². The second kappa shape index (κ2) is 6.72. The van der Waals surface area contributed by atoms with E-state index in [1.54, 1.807) is 24.3 Å². The zero-order valence-electron chi connectivity index (χ0n) is 12.3. The average Bonchev–Trinajstić information content (AvgIpc) is 2.49. The molecule has 1 aromatic rings. The van der Waals surface area contributed by atoms with E-state index in [4.69, 9.17) is 10.8 Å². The molecule has 3 N–H and O–H groups in total. The van der Waals surface area contributed by atoms with Gasteiger partial charge in [0.05, 0.1) is 12.0 Å². The molecular weight excluding hydrogens is 268 g/mol. The number of rotatable bonds is 5. The van der Waals surface area contributed by atoms with Gasteiger partial charge in [-0.3, -0.25) is 14.5 Å². The summed E-state index contributed by atoms with van der Waals surface area (Å²) in [5, 5.41) is 9.04. The normalized spacial score (nSPS) is 18.3. The molecule has 1 heterocycles. The van der Waals surface area contributed by atoms with Crippen molar-refractivity contribution in [2.75, 3.05) is 18.8 Å². The molecule has 0 spiro atoms. The van der Waals surface area contributed by atoms with Gasteiger partial charge in [0.25, 0.3) is 0 Å². The van der Waals surface area contributed by atoms with Gasteiger partial charge in [-0.25, -0.2) is 0 Å². The van der Waals surface area contributed by atoms with E-state index in [1.807, 2.05) is 6.92 Å². The van der Waals surface area contributed by atoms with E-state index in [0.29, 0.717) is 37.2 Å². The number of aliphatic carboxylic acids is 1. The first-order valence-corrected chi connectivity index (χ1v) is 7.39. The highest BCUT2D eigenvalue weighted by Crippen LogP contribution is 2.22. The van der Waals surface area contributed by atoms with Crippen molar-refractivity contribution in [1.82, 2.24) is 4.90 Å². The van der Waals surface area contributed by atoms with Gasteiger partial charge in [0, 0.05) is 11.3 Å². The van der Waals surface area contributed by atoms with Gasteiger partial charge >= 0.3 is 5.97 Å². The van der Waals surface area contributed by atoms with E-state index in [2.05, 4.69) is 4.90 Å². The lowest BCUT2D eigenvalue weighted by Gasteiger charge is -2.35. The molecule has 0 bridgehead atoms. The van der Waals surface area contributed by atoms with Crippen LogP contribution >= 0.6 is 0 Å². The average molecular weight is 290 g/mol. The molecule has 114 valence electrons. The molecule has 1 aliphatic rings. The maximum Gasteiger partial charge on any atom is 0.306 e. The second-order valence-corrected chi connectivity index (χ2v) is 5.56. The van der Waals surface area contributed by atoms with E-state index in [1.165, 1.54) is 0 Å². The number of nitrogens with two attached hydrogens (primary N) is 1. The van der Waals surface area contributed by atoms with Gasteiger partial charge in [-0.15, -0.1) is 0 Å². The van der Waals surface area contributed by atoms with Gasteiger partial charge in [-0.05, 0) is 56.6 Å². The van der Waals surface area contributed by atoms with E-state index in [0.717, 1.165) is 6.42 Å². The third-order valence-corrected chi connectivity index (χ3v) is 4.20. The first-order chi connectivity index (χ1) is 10.0. The number of likely N-dealkylation sites (tertiary alicyclic amines) is 1. The van der Waals surface area contributed by atoms with Crippen LogP contribution in [0.3, 0.4) is 0 Å². The third kappa shape index (κ3) is 3.61. The van der Waals surface area contributed by atoms with Crippen molar-refractivity contribution in [3.63, 3.8) is 0 Å².